The van der Waals surface area contributed by atoms with Gasteiger partial charge in [-0.3, -0.25) is 0 Å². The Morgan fingerprint density at radius 1 is 0.857 bits per heavy atom. The molecule has 0 saturated heterocycles. The lowest BCUT2D eigenvalue weighted by molar-refractivity contribution is -0.138. The number of rotatable bonds is 6. The summed E-state index contributed by atoms with van der Waals surface area (Å²) in [7, 11) is 0. The number of halogens is 3. The number of aromatic hydroxyl groups is 4. The van der Waals surface area contributed by atoms with Crippen LogP contribution in [0.2, 0.25) is 0 Å². The van der Waals surface area contributed by atoms with E-state index in [0.29, 0.717) is 36.0 Å². The zero-order chi connectivity index (χ0) is 31.4. The molecule has 6 N–H and O–H groups in total. The number of alkyl halides is 3. The van der Waals surface area contributed by atoms with Gasteiger partial charge in [-0.05, 0) is 59.7 Å². The van der Waals surface area contributed by atoms with Gasteiger partial charge in [0.25, 0.3) is 0 Å². The predicted molar refractivity (Wildman–Crippen MR) is 163 cm³/mol. The van der Waals surface area contributed by atoms with Crippen molar-refractivity contribution in [2.75, 3.05) is 5.73 Å². The Hall–Kier alpha value is -4.33. The summed E-state index contributed by atoms with van der Waals surface area (Å²) < 4.78 is 36.0. The van der Waals surface area contributed by atoms with E-state index in [1.165, 1.54) is 11.6 Å². The van der Waals surface area contributed by atoms with Crippen LogP contribution in [0.25, 0.3) is 0 Å². The van der Waals surface area contributed by atoms with Crippen molar-refractivity contribution in [2.24, 2.45) is 0 Å². The van der Waals surface area contributed by atoms with Crippen molar-refractivity contribution in [3.05, 3.63) is 112 Å². The second kappa shape index (κ2) is 15.6. The summed E-state index contributed by atoms with van der Waals surface area (Å²) in [5.41, 5.74) is 8.61. The van der Waals surface area contributed by atoms with Crippen LogP contribution >= 0.6 is 0 Å². The Morgan fingerprint density at radius 3 is 2.14 bits per heavy atom. The predicted octanol–water partition coefficient (Wildman–Crippen LogP) is 8.91. The Labute approximate surface area is 245 Å². The molecule has 0 aliphatic heterocycles. The SMILES string of the molecule is CC.CCC(C)c1cccc(Cc2cc(CC3=CCC=CC=C3)c(O)c(O)c2O)c1.Nc1ccc(O)c(C(F)(F)F)c1. The molecule has 1 aliphatic carbocycles. The first-order valence-electron chi connectivity index (χ1n) is 13.9. The zero-order valence-corrected chi connectivity index (χ0v) is 24.4. The largest absolute Gasteiger partial charge is 0.507 e. The van der Waals surface area contributed by atoms with Crippen molar-refractivity contribution in [3.8, 4) is 23.0 Å². The molecule has 226 valence electrons. The lowest BCUT2D eigenvalue weighted by Gasteiger charge is -2.15. The Morgan fingerprint density at radius 2 is 1.52 bits per heavy atom. The van der Waals surface area contributed by atoms with Gasteiger partial charge in [0.1, 0.15) is 5.75 Å². The van der Waals surface area contributed by atoms with Gasteiger partial charge in [-0.2, -0.15) is 13.2 Å². The van der Waals surface area contributed by atoms with Gasteiger partial charge in [-0.25, -0.2) is 0 Å². The van der Waals surface area contributed by atoms with E-state index in [2.05, 4.69) is 38.1 Å². The van der Waals surface area contributed by atoms with Gasteiger partial charge in [0.2, 0.25) is 5.75 Å². The molecular formula is C34H40F3NO4. The molecule has 0 bridgehead atoms. The molecule has 0 fully saturated rings. The summed E-state index contributed by atoms with van der Waals surface area (Å²) in [6, 6.07) is 12.9. The maximum Gasteiger partial charge on any atom is 0.420 e. The van der Waals surface area contributed by atoms with Crippen LogP contribution in [0.4, 0.5) is 18.9 Å². The van der Waals surface area contributed by atoms with E-state index < -0.39 is 23.2 Å². The summed E-state index contributed by atoms with van der Waals surface area (Å²) in [5, 5.41) is 39.8. The summed E-state index contributed by atoms with van der Waals surface area (Å²) >= 11 is 0. The molecule has 0 spiro atoms. The average molecular weight is 584 g/mol. The molecule has 1 unspecified atom stereocenters. The normalized spacial score (nSPS) is 13.2. The molecule has 0 saturated carbocycles. The number of hydrogen-bond acceptors (Lipinski definition) is 5. The molecule has 3 aromatic carbocycles. The zero-order valence-electron chi connectivity index (χ0n) is 24.4. The van der Waals surface area contributed by atoms with Crippen LogP contribution in [0.3, 0.4) is 0 Å². The molecule has 0 heterocycles. The summed E-state index contributed by atoms with van der Waals surface area (Å²) in [4.78, 5) is 0. The van der Waals surface area contributed by atoms with Crippen molar-refractivity contribution in [1.82, 2.24) is 0 Å². The van der Waals surface area contributed by atoms with Gasteiger partial charge in [0.15, 0.2) is 11.5 Å². The summed E-state index contributed by atoms with van der Waals surface area (Å²) in [5.74, 6) is -1.28. The van der Waals surface area contributed by atoms with Crippen LogP contribution in [0.15, 0.2) is 84.5 Å². The van der Waals surface area contributed by atoms with Crippen LogP contribution in [-0.2, 0) is 19.0 Å². The van der Waals surface area contributed by atoms with Crippen molar-refractivity contribution in [1.29, 1.82) is 0 Å². The van der Waals surface area contributed by atoms with Crippen molar-refractivity contribution >= 4 is 5.69 Å². The molecule has 5 nitrogen and oxygen atoms in total. The fourth-order valence-corrected chi connectivity index (χ4v) is 4.25. The number of phenolic OH excluding ortho intramolecular Hbond substituents is 4. The second-order valence-electron chi connectivity index (χ2n) is 9.72. The molecule has 0 amide bonds. The maximum atomic E-state index is 12.0. The minimum absolute atomic E-state index is 0.0277. The number of hydrogen-bond donors (Lipinski definition) is 5. The maximum absolute atomic E-state index is 12.0. The topological polar surface area (TPSA) is 107 Å². The number of anilines is 1. The number of nitrogens with two attached hydrogens (primary N) is 1. The molecule has 42 heavy (non-hydrogen) atoms. The minimum atomic E-state index is -4.56. The molecule has 1 aliphatic rings. The van der Waals surface area contributed by atoms with E-state index in [4.69, 9.17) is 10.8 Å². The fraction of sp³-hybridized carbons (Fsp3) is 0.294. The van der Waals surface area contributed by atoms with E-state index in [9.17, 15) is 28.5 Å². The number of benzene rings is 3. The molecule has 8 heteroatoms. The summed E-state index contributed by atoms with van der Waals surface area (Å²) in [6.07, 6.45) is 8.46. The van der Waals surface area contributed by atoms with E-state index in [-0.39, 0.29) is 17.2 Å². The highest BCUT2D eigenvalue weighted by Crippen LogP contribution is 2.42. The fourth-order valence-electron chi connectivity index (χ4n) is 4.25. The van der Waals surface area contributed by atoms with Crippen LogP contribution in [0, 0.1) is 0 Å². The smallest absolute Gasteiger partial charge is 0.420 e. The van der Waals surface area contributed by atoms with Crippen LogP contribution < -0.4 is 5.73 Å². The Balaban J connectivity index is 0.000000368. The van der Waals surface area contributed by atoms with E-state index in [1.54, 1.807) is 6.07 Å². The van der Waals surface area contributed by atoms with Gasteiger partial charge in [0.05, 0.1) is 5.56 Å². The monoisotopic (exact) mass is 583 g/mol. The molecule has 1 atom stereocenters. The van der Waals surface area contributed by atoms with Crippen molar-refractivity contribution < 1.29 is 33.6 Å². The lowest BCUT2D eigenvalue weighted by Crippen LogP contribution is -2.05. The number of nitrogen functional groups attached to an aromatic ring is 1. The van der Waals surface area contributed by atoms with Crippen LogP contribution in [0.1, 0.15) is 74.3 Å². The molecular weight excluding hydrogens is 543 g/mol. The first-order valence-corrected chi connectivity index (χ1v) is 13.9. The standard InChI is InChI=1S/C25H28O3.C7H6F3NO.C2H6/c1-3-17(2)20-12-8-11-19(14-20)15-22-16-21(23(26)25(28)24(22)27)13-18-9-6-4-5-7-10-18;8-7(9,10)5-3-4(11)1-2-6(5)12;1-2/h4-6,8-12,14,16-17,26-28H,3,7,13,15H2,1-2H3;1-3,12H,11H2;1-2H3. The third-order valence-electron chi connectivity index (χ3n) is 6.73. The van der Waals surface area contributed by atoms with Gasteiger partial charge in [-0.1, -0.05) is 82.3 Å². The highest BCUT2D eigenvalue weighted by atomic mass is 19.4. The van der Waals surface area contributed by atoms with Gasteiger partial charge in [0, 0.05) is 29.7 Å². The van der Waals surface area contributed by atoms with Crippen molar-refractivity contribution in [2.45, 2.75) is 65.5 Å². The number of allylic oxidation sites excluding steroid dienone is 6. The molecule has 4 rings (SSSR count). The van der Waals surface area contributed by atoms with Gasteiger partial charge >= 0.3 is 6.18 Å². The van der Waals surface area contributed by atoms with E-state index in [1.807, 2.05) is 44.2 Å². The van der Waals surface area contributed by atoms with E-state index >= 15 is 0 Å². The van der Waals surface area contributed by atoms with Crippen LogP contribution in [0.5, 0.6) is 23.0 Å². The Kier molecular flexibility index (Phi) is 12.6. The molecule has 3 aromatic rings. The first kappa shape index (κ1) is 33.9. The van der Waals surface area contributed by atoms with Gasteiger partial charge in [-0.15, -0.1) is 0 Å². The lowest BCUT2D eigenvalue weighted by atomic mass is 9.93. The van der Waals surface area contributed by atoms with Crippen molar-refractivity contribution in [3.63, 3.8) is 0 Å². The molecule has 0 aromatic heterocycles. The highest BCUT2D eigenvalue weighted by Gasteiger charge is 2.33. The third kappa shape index (κ3) is 9.36. The number of phenols is 4. The second-order valence-corrected chi connectivity index (χ2v) is 9.72. The quantitative estimate of drug-likeness (QED) is 0.113. The van der Waals surface area contributed by atoms with Crippen LogP contribution in [-0.4, -0.2) is 20.4 Å². The first-order chi connectivity index (χ1) is 19.9. The third-order valence-corrected chi connectivity index (χ3v) is 6.73. The molecule has 0 radical (unpaired) electrons. The summed E-state index contributed by atoms with van der Waals surface area (Å²) in [6.45, 7) is 8.36. The van der Waals surface area contributed by atoms with E-state index in [0.717, 1.165) is 30.0 Å². The minimum Gasteiger partial charge on any atom is -0.507 e. The Bertz CT molecular complexity index is 1430. The average Bonchev–Trinajstić information content (AvgIpc) is 3.25. The highest BCUT2D eigenvalue weighted by molar-refractivity contribution is 5.59. The van der Waals surface area contributed by atoms with Gasteiger partial charge < -0.3 is 26.2 Å².